The molecule has 3 aromatic carbocycles. The van der Waals surface area contributed by atoms with Crippen LogP contribution in [0.3, 0.4) is 0 Å². The van der Waals surface area contributed by atoms with Crippen molar-refractivity contribution in [3.05, 3.63) is 93.6 Å². The minimum absolute atomic E-state index is 0.0302. The Morgan fingerprint density at radius 3 is 2.66 bits per heavy atom. The Labute approximate surface area is 268 Å². The Balaban J connectivity index is 1.37. The molecule has 5 rings (SSSR count). The van der Waals surface area contributed by atoms with Crippen molar-refractivity contribution >= 4 is 51.6 Å². The van der Waals surface area contributed by atoms with Crippen LogP contribution in [0.1, 0.15) is 35.3 Å². The van der Waals surface area contributed by atoms with Gasteiger partial charge in [-0.3, -0.25) is 14.5 Å². The van der Waals surface area contributed by atoms with Crippen LogP contribution in [0.2, 0.25) is 10.0 Å². The summed E-state index contributed by atoms with van der Waals surface area (Å²) in [6.45, 7) is 5.33. The van der Waals surface area contributed by atoms with Crippen LogP contribution in [0.5, 0.6) is 5.75 Å². The quantitative estimate of drug-likeness (QED) is 0.235. The maximum atomic E-state index is 13.8. The number of aliphatic hydroxyl groups is 1. The fourth-order valence-electron chi connectivity index (χ4n) is 5.78. The van der Waals surface area contributed by atoms with E-state index in [1.807, 2.05) is 68.2 Å². The Morgan fingerprint density at radius 1 is 1.14 bits per heavy atom. The molecule has 0 bridgehead atoms. The summed E-state index contributed by atoms with van der Waals surface area (Å²) in [5, 5.41) is 15.0. The van der Waals surface area contributed by atoms with Crippen molar-refractivity contribution < 1.29 is 19.4 Å². The van der Waals surface area contributed by atoms with Gasteiger partial charge in [-0.25, -0.2) is 0 Å². The van der Waals surface area contributed by atoms with E-state index in [1.54, 1.807) is 29.2 Å². The zero-order valence-corrected chi connectivity index (χ0v) is 26.9. The predicted molar refractivity (Wildman–Crippen MR) is 176 cm³/mol. The standard InChI is InChI=1S/C34H38Cl2N4O4/c1-21-16-40(22(2)20-41)34(43)27-15-25(37-33(42)14-24-18-39(4)30-8-6-5-7-26(24)30)10-12-31(27)44-32(21)19-38(3)17-23-9-11-28(35)29(36)13-23/h5-13,15,18,21-22,32,41H,14,16-17,19-20H2,1-4H3,(H,37,42)/t21-,22+,32+/m1/s1. The van der Waals surface area contributed by atoms with Crippen molar-refractivity contribution in [2.24, 2.45) is 13.0 Å². The van der Waals surface area contributed by atoms with Gasteiger partial charge in [0.25, 0.3) is 5.91 Å². The number of halogens is 2. The number of carbonyl (C=O) groups excluding carboxylic acids is 2. The lowest BCUT2D eigenvalue weighted by Gasteiger charge is -2.38. The molecule has 0 unspecified atom stereocenters. The molecule has 1 aliphatic rings. The molecule has 1 aromatic heterocycles. The first kappa shape index (κ1) is 31.9. The molecule has 4 aromatic rings. The van der Waals surface area contributed by atoms with Crippen molar-refractivity contribution in [2.45, 2.75) is 39.0 Å². The first-order valence-electron chi connectivity index (χ1n) is 14.7. The van der Waals surface area contributed by atoms with E-state index in [2.05, 4.69) is 17.1 Å². The summed E-state index contributed by atoms with van der Waals surface area (Å²) in [6.07, 6.45) is 1.91. The van der Waals surface area contributed by atoms with Crippen molar-refractivity contribution in [3.63, 3.8) is 0 Å². The van der Waals surface area contributed by atoms with Gasteiger partial charge >= 0.3 is 0 Å². The maximum absolute atomic E-state index is 13.8. The van der Waals surface area contributed by atoms with E-state index in [4.69, 9.17) is 27.9 Å². The SMILES string of the molecule is C[C@@H]1CN([C@@H](C)CO)C(=O)c2cc(NC(=O)Cc3cn(C)c4ccccc34)ccc2O[C@H]1CN(C)Cc1ccc(Cl)c(Cl)c1. The molecule has 232 valence electrons. The summed E-state index contributed by atoms with van der Waals surface area (Å²) in [5.41, 5.74) is 3.86. The minimum Gasteiger partial charge on any atom is -0.488 e. The summed E-state index contributed by atoms with van der Waals surface area (Å²) >= 11 is 12.3. The van der Waals surface area contributed by atoms with Gasteiger partial charge in [0, 0.05) is 55.4 Å². The van der Waals surface area contributed by atoms with Crippen LogP contribution in [-0.4, -0.2) is 70.2 Å². The summed E-state index contributed by atoms with van der Waals surface area (Å²) in [4.78, 5) is 30.8. The number of benzene rings is 3. The van der Waals surface area contributed by atoms with Crippen molar-refractivity contribution in [3.8, 4) is 5.75 Å². The van der Waals surface area contributed by atoms with Gasteiger partial charge in [0.15, 0.2) is 0 Å². The predicted octanol–water partition coefficient (Wildman–Crippen LogP) is 6.02. The number of aryl methyl sites for hydroxylation is 1. The lowest BCUT2D eigenvalue weighted by Crippen LogP contribution is -2.49. The fraction of sp³-hybridized carbons (Fsp3) is 0.353. The molecule has 10 heteroatoms. The maximum Gasteiger partial charge on any atom is 0.258 e. The number of carbonyl (C=O) groups is 2. The Bertz CT molecular complexity index is 1670. The number of anilines is 1. The normalized spacial score (nSPS) is 17.6. The van der Waals surface area contributed by atoms with Crippen molar-refractivity contribution in [1.29, 1.82) is 0 Å². The number of para-hydroxylation sites is 1. The molecule has 0 aliphatic carbocycles. The van der Waals surface area contributed by atoms with Gasteiger partial charge in [0.05, 0.1) is 34.7 Å². The number of nitrogens with zero attached hydrogens (tertiary/aromatic N) is 3. The van der Waals surface area contributed by atoms with Crippen LogP contribution in [-0.2, 0) is 24.8 Å². The molecule has 2 heterocycles. The van der Waals surface area contributed by atoms with Crippen LogP contribution in [0.4, 0.5) is 5.69 Å². The van der Waals surface area contributed by atoms with Crippen LogP contribution >= 0.6 is 23.2 Å². The third-order valence-electron chi connectivity index (χ3n) is 8.21. The molecule has 0 spiro atoms. The fourth-order valence-corrected chi connectivity index (χ4v) is 6.10. The molecule has 3 atom stereocenters. The lowest BCUT2D eigenvalue weighted by atomic mass is 9.99. The molecule has 44 heavy (non-hydrogen) atoms. The largest absolute Gasteiger partial charge is 0.488 e. The lowest BCUT2D eigenvalue weighted by molar-refractivity contribution is -0.115. The monoisotopic (exact) mass is 636 g/mol. The van der Waals surface area contributed by atoms with Crippen LogP contribution < -0.4 is 10.1 Å². The Kier molecular flexibility index (Phi) is 9.85. The third-order valence-corrected chi connectivity index (χ3v) is 8.95. The number of rotatable bonds is 9. The van der Waals surface area contributed by atoms with Crippen LogP contribution in [0, 0.1) is 5.92 Å². The molecule has 0 fully saturated rings. The molecule has 0 saturated heterocycles. The van der Waals surface area contributed by atoms with E-state index >= 15 is 0 Å². The highest BCUT2D eigenvalue weighted by Gasteiger charge is 2.33. The number of aliphatic hydroxyl groups excluding tert-OH is 1. The van der Waals surface area contributed by atoms with Gasteiger partial charge in [0.1, 0.15) is 11.9 Å². The van der Waals surface area contributed by atoms with E-state index in [0.717, 1.165) is 22.0 Å². The van der Waals surface area contributed by atoms with Gasteiger partial charge in [-0.15, -0.1) is 0 Å². The van der Waals surface area contributed by atoms with Gasteiger partial charge in [-0.05, 0) is 61.5 Å². The summed E-state index contributed by atoms with van der Waals surface area (Å²) in [5.74, 6) is -0.0215. The average Bonchev–Trinajstić information content (AvgIpc) is 3.31. The Morgan fingerprint density at radius 2 is 1.91 bits per heavy atom. The van der Waals surface area contributed by atoms with E-state index in [0.29, 0.717) is 46.7 Å². The zero-order valence-electron chi connectivity index (χ0n) is 25.4. The van der Waals surface area contributed by atoms with Gasteiger partial charge in [-0.1, -0.05) is 54.4 Å². The number of fused-ring (bicyclic) bond motifs is 2. The topological polar surface area (TPSA) is 87.0 Å². The van der Waals surface area contributed by atoms with Crippen molar-refractivity contribution in [1.82, 2.24) is 14.4 Å². The van der Waals surface area contributed by atoms with Crippen molar-refractivity contribution in [2.75, 3.05) is 32.1 Å². The zero-order chi connectivity index (χ0) is 31.5. The van der Waals surface area contributed by atoms with E-state index in [9.17, 15) is 14.7 Å². The van der Waals surface area contributed by atoms with Crippen LogP contribution in [0.15, 0.2) is 66.9 Å². The molecule has 2 N–H and O–H groups in total. The molecule has 1 aliphatic heterocycles. The summed E-state index contributed by atoms with van der Waals surface area (Å²) < 4.78 is 8.53. The molecule has 2 amide bonds. The van der Waals surface area contributed by atoms with E-state index < -0.39 is 6.04 Å². The molecular weight excluding hydrogens is 599 g/mol. The van der Waals surface area contributed by atoms with Crippen LogP contribution in [0.25, 0.3) is 10.9 Å². The van der Waals surface area contributed by atoms with Gasteiger partial charge < -0.3 is 24.6 Å². The summed E-state index contributed by atoms with van der Waals surface area (Å²) in [7, 11) is 3.97. The highest BCUT2D eigenvalue weighted by atomic mass is 35.5. The highest BCUT2D eigenvalue weighted by molar-refractivity contribution is 6.42. The number of hydrogen-bond acceptors (Lipinski definition) is 5. The second-order valence-corrected chi connectivity index (χ2v) is 12.6. The molecular formula is C34H38Cl2N4O4. The third kappa shape index (κ3) is 7.05. The smallest absolute Gasteiger partial charge is 0.258 e. The number of hydrogen-bond donors (Lipinski definition) is 2. The van der Waals surface area contributed by atoms with E-state index in [-0.39, 0.29) is 36.9 Å². The van der Waals surface area contributed by atoms with Gasteiger partial charge in [-0.2, -0.15) is 0 Å². The number of aromatic nitrogens is 1. The number of amides is 2. The number of likely N-dealkylation sites (N-methyl/N-ethyl adjacent to an activating group) is 1. The van der Waals surface area contributed by atoms with E-state index in [1.165, 1.54) is 0 Å². The summed E-state index contributed by atoms with van der Waals surface area (Å²) in [6, 6.07) is 18.3. The number of ether oxygens (including phenoxy) is 1. The highest BCUT2D eigenvalue weighted by Crippen LogP contribution is 2.31. The first-order chi connectivity index (χ1) is 21.0. The van der Waals surface area contributed by atoms with Gasteiger partial charge in [0.2, 0.25) is 5.91 Å². The molecule has 8 nitrogen and oxygen atoms in total. The second kappa shape index (κ2) is 13.6. The Hall–Kier alpha value is -3.56. The second-order valence-electron chi connectivity index (χ2n) is 11.8. The minimum atomic E-state index is -0.393. The molecule has 0 radical (unpaired) electrons. The molecule has 0 saturated carbocycles. The number of nitrogens with one attached hydrogen (secondary N) is 1. The first-order valence-corrected chi connectivity index (χ1v) is 15.5. The average molecular weight is 638 g/mol.